The van der Waals surface area contributed by atoms with Gasteiger partial charge in [-0.05, 0) is 55.7 Å². The summed E-state index contributed by atoms with van der Waals surface area (Å²) < 4.78 is 6.06. The van der Waals surface area contributed by atoms with Gasteiger partial charge in [0.05, 0.1) is 0 Å². The molecule has 0 aliphatic heterocycles. The first-order chi connectivity index (χ1) is 11.2. The Balaban J connectivity index is 2.31. The van der Waals surface area contributed by atoms with Gasteiger partial charge in [-0.3, -0.25) is 4.79 Å². The van der Waals surface area contributed by atoms with Gasteiger partial charge in [0, 0.05) is 11.0 Å². The zero-order valence-electron chi connectivity index (χ0n) is 15.9. The van der Waals surface area contributed by atoms with Crippen molar-refractivity contribution in [3.8, 4) is 5.75 Å². The van der Waals surface area contributed by atoms with Crippen LogP contribution < -0.4 is 4.74 Å². The molecule has 2 aromatic carbocycles. The van der Waals surface area contributed by atoms with E-state index in [0.717, 1.165) is 41.3 Å². The van der Waals surface area contributed by atoms with Gasteiger partial charge in [0.25, 0.3) is 0 Å². The molecule has 0 aromatic heterocycles. The highest BCUT2D eigenvalue weighted by Crippen LogP contribution is 2.30. The van der Waals surface area contributed by atoms with Crippen molar-refractivity contribution in [3.05, 3.63) is 42.0 Å². The van der Waals surface area contributed by atoms with E-state index in [9.17, 15) is 4.79 Å². The van der Waals surface area contributed by atoms with Crippen LogP contribution in [0.3, 0.4) is 0 Å². The lowest BCUT2D eigenvalue weighted by molar-refractivity contribution is 0.0825. The Bertz CT molecular complexity index is 726. The second-order valence-electron chi connectivity index (χ2n) is 7.90. The summed E-state index contributed by atoms with van der Waals surface area (Å²) in [5, 5.41) is 2.18. The van der Waals surface area contributed by atoms with Gasteiger partial charge in [0.1, 0.15) is 11.4 Å². The molecule has 2 nitrogen and oxygen atoms in total. The first-order valence-corrected chi connectivity index (χ1v) is 8.96. The topological polar surface area (TPSA) is 26.3 Å². The highest BCUT2D eigenvalue weighted by Gasteiger charge is 2.27. The van der Waals surface area contributed by atoms with E-state index in [-0.39, 0.29) is 16.8 Å². The molecule has 2 heteroatoms. The smallest absolute Gasteiger partial charge is 0.168 e. The lowest BCUT2D eigenvalue weighted by Gasteiger charge is -2.25. The van der Waals surface area contributed by atoms with E-state index in [1.807, 2.05) is 44.2 Å². The normalized spacial score (nSPS) is 12.4. The minimum absolute atomic E-state index is 0.173. The van der Waals surface area contributed by atoms with Crippen LogP contribution in [0.4, 0.5) is 0 Å². The number of carbonyl (C=O) groups is 1. The molecule has 24 heavy (non-hydrogen) atoms. The molecule has 0 aliphatic rings. The number of hydrogen-bond acceptors (Lipinski definition) is 2. The first-order valence-electron chi connectivity index (χ1n) is 8.96. The number of hydrogen-bond donors (Lipinski definition) is 0. The SMILES string of the molecule is CCCC(C)(C)C(=O)c1ccc2cc(OC(C)(C)CC)ccc2c1. The third kappa shape index (κ3) is 4.17. The second-order valence-corrected chi connectivity index (χ2v) is 7.90. The van der Waals surface area contributed by atoms with Gasteiger partial charge in [0.15, 0.2) is 5.78 Å². The Hall–Kier alpha value is -1.83. The third-order valence-corrected chi connectivity index (χ3v) is 4.81. The average Bonchev–Trinajstić information content (AvgIpc) is 2.53. The summed E-state index contributed by atoms with van der Waals surface area (Å²) in [7, 11) is 0. The van der Waals surface area contributed by atoms with Gasteiger partial charge < -0.3 is 4.74 Å². The maximum atomic E-state index is 12.8. The predicted molar refractivity (Wildman–Crippen MR) is 102 cm³/mol. The Morgan fingerprint density at radius 1 is 0.958 bits per heavy atom. The van der Waals surface area contributed by atoms with E-state index in [1.165, 1.54) is 0 Å². The number of Topliss-reactive ketones (excluding diaryl/α,β-unsaturated/α-hetero) is 1. The molecule has 2 rings (SSSR count). The zero-order valence-corrected chi connectivity index (χ0v) is 15.9. The van der Waals surface area contributed by atoms with Gasteiger partial charge >= 0.3 is 0 Å². The van der Waals surface area contributed by atoms with Crippen LogP contribution in [0, 0.1) is 5.41 Å². The maximum Gasteiger partial charge on any atom is 0.168 e. The largest absolute Gasteiger partial charge is 0.488 e. The quantitative estimate of drug-likeness (QED) is 0.549. The Labute approximate surface area is 146 Å². The Kier molecular flexibility index (Phi) is 5.37. The van der Waals surface area contributed by atoms with Crippen LogP contribution in [0.25, 0.3) is 10.8 Å². The molecule has 0 N–H and O–H groups in total. The van der Waals surface area contributed by atoms with Crippen LogP contribution in [0.15, 0.2) is 36.4 Å². The van der Waals surface area contributed by atoms with E-state index in [0.29, 0.717) is 0 Å². The lowest BCUT2D eigenvalue weighted by atomic mass is 9.80. The van der Waals surface area contributed by atoms with Gasteiger partial charge in [-0.1, -0.05) is 52.3 Å². The number of fused-ring (bicyclic) bond motifs is 1. The van der Waals surface area contributed by atoms with Crippen molar-refractivity contribution in [2.75, 3.05) is 0 Å². The molecular formula is C22H30O2. The molecule has 0 atom stereocenters. The zero-order chi connectivity index (χ0) is 18.0. The van der Waals surface area contributed by atoms with Gasteiger partial charge in [-0.15, -0.1) is 0 Å². The summed E-state index contributed by atoms with van der Waals surface area (Å²) in [5.74, 6) is 1.10. The number of carbonyl (C=O) groups excluding carboxylic acids is 1. The fourth-order valence-electron chi connectivity index (χ4n) is 2.95. The van der Waals surface area contributed by atoms with E-state index < -0.39 is 0 Å². The Morgan fingerprint density at radius 2 is 1.58 bits per heavy atom. The molecule has 2 aromatic rings. The van der Waals surface area contributed by atoms with E-state index in [1.54, 1.807) is 0 Å². The number of ketones is 1. The molecule has 0 bridgehead atoms. The predicted octanol–water partition coefficient (Wildman–Crippen LogP) is 6.42. The highest BCUT2D eigenvalue weighted by molar-refractivity contribution is 6.03. The molecule has 0 heterocycles. The maximum absolute atomic E-state index is 12.8. The molecule has 0 radical (unpaired) electrons. The van der Waals surface area contributed by atoms with Crippen LogP contribution in [-0.2, 0) is 0 Å². The van der Waals surface area contributed by atoms with E-state index in [4.69, 9.17) is 4.74 Å². The summed E-state index contributed by atoms with van der Waals surface area (Å²) >= 11 is 0. The first kappa shape index (κ1) is 18.5. The molecule has 0 aliphatic carbocycles. The minimum Gasteiger partial charge on any atom is -0.488 e. The van der Waals surface area contributed by atoms with Crippen molar-refractivity contribution in [1.82, 2.24) is 0 Å². The van der Waals surface area contributed by atoms with Gasteiger partial charge in [0.2, 0.25) is 0 Å². The molecule has 130 valence electrons. The minimum atomic E-state index is -0.309. The monoisotopic (exact) mass is 326 g/mol. The standard InChI is InChI=1S/C22H30O2/c1-7-13-21(3,4)20(23)18-10-9-17-15-19(12-11-16(17)14-18)24-22(5,6)8-2/h9-12,14-15H,7-8,13H2,1-6H3. The van der Waals surface area contributed by atoms with Crippen molar-refractivity contribution in [2.24, 2.45) is 5.41 Å². The van der Waals surface area contributed by atoms with Crippen LogP contribution in [0.2, 0.25) is 0 Å². The van der Waals surface area contributed by atoms with Crippen molar-refractivity contribution < 1.29 is 9.53 Å². The van der Waals surface area contributed by atoms with Crippen molar-refractivity contribution >= 4 is 16.6 Å². The van der Waals surface area contributed by atoms with Crippen LogP contribution in [0.1, 0.15) is 71.2 Å². The second kappa shape index (κ2) is 6.96. The molecule has 0 fully saturated rings. The summed E-state index contributed by atoms with van der Waals surface area (Å²) in [5.41, 5.74) is 0.313. The summed E-state index contributed by atoms with van der Waals surface area (Å²) in [6, 6.07) is 12.1. The van der Waals surface area contributed by atoms with Crippen LogP contribution >= 0.6 is 0 Å². The Morgan fingerprint density at radius 3 is 2.21 bits per heavy atom. The molecular weight excluding hydrogens is 296 g/mol. The fraction of sp³-hybridized carbons (Fsp3) is 0.500. The third-order valence-electron chi connectivity index (χ3n) is 4.81. The summed E-state index contributed by atoms with van der Waals surface area (Å²) in [6.07, 6.45) is 2.87. The molecule has 0 saturated heterocycles. The van der Waals surface area contributed by atoms with Gasteiger partial charge in [-0.25, -0.2) is 0 Å². The molecule has 0 unspecified atom stereocenters. The van der Waals surface area contributed by atoms with Crippen molar-refractivity contribution in [3.63, 3.8) is 0 Å². The van der Waals surface area contributed by atoms with E-state index >= 15 is 0 Å². The van der Waals surface area contributed by atoms with Crippen molar-refractivity contribution in [2.45, 2.75) is 66.4 Å². The average molecular weight is 326 g/mol. The summed E-state index contributed by atoms with van der Waals surface area (Å²) in [4.78, 5) is 12.8. The molecule has 0 amide bonds. The number of rotatable bonds is 7. The number of benzene rings is 2. The lowest BCUT2D eigenvalue weighted by Crippen LogP contribution is -2.26. The summed E-state index contributed by atoms with van der Waals surface area (Å²) in [6.45, 7) is 12.5. The number of ether oxygens (including phenoxy) is 1. The molecule has 0 saturated carbocycles. The van der Waals surface area contributed by atoms with Crippen LogP contribution in [0.5, 0.6) is 5.75 Å². The molecule has 0 spiro atoms. The van der Waals surface area contributed by atoms with E-state index in [2.05, 4.69) is 33.8 Å². The van der Waals surface area contributed by atoms with Crippen LogP contribution in [-0.4, -0.2) is 11.4 Å². The fourth-order valence-corrected chi connectivity index (χ4v) is 2.95. The van der Waals surface area contributed by atoms with Crippen molar-refractivity contribution in [1.29, 1.82) is 0 Å². The highest BCUT2D eigenvalue weighted by atomic mass is 16.5. The van der Waals surface area contributed by atoms with Gasteiger partial charge in [-0.2, -0.15) is 0 Å².